The summed E-state index contributed by atoms with van der Waals surface area (Å²) in [5, 5.41) is 3.95. The van der Waals surface area contributed by atoms with Crippen molar-refractivity contribution in [1.29, 1.82) is 0 Å². The highest BCUT2D eigenvalue weighted by atomic mass is 15.0. The van der Waals surface area contributed by atoms with Crippen LogP contribution in [0.3, 0.4) is 0 Å². The van der Waals surface area contributed by atoms with Crippen molar-refractivity contribution in [3.8, 4) is 0 Å². The molecule has 2 saturated carbocycles. The SMILES string of the molecule is CC(C)CCCC(C)NC1CCC12CCCCC2. The second-order valence-electron chi connectivity index (χ2n) is 7.41. The van der Waals surface area contributed by atoms with Crippen molar-refractivity contribution < 1.29 is 0 Å². The average Bonchev–Trinajstić information content (AvgIpc) is 2.35. The van der Waals surface area contributed by atoms with Gasteiger partial charge in [0.05, 0.1) is 0 Å². The van der Waals surface area contributed by atoms with Gasteiger partial charge in [0.2, 0.25) is 0 Å². The van der Waals surface area contributed by atoms with Crippen LogP contribution in [0.5, 0.6) is 0 Å². The van der Waals surface area contributed by atoms with Gasteiger partial charge in [0.1, 0.15) is 0 Å². The predicted octanol–water partition coefficient (Wildman–Crippen LogP) is 4.90. The van der Waals surface area contributed by atoms with E-state index in [-0.39, 0.29) is 0 Å². The van der Waals surface area contributed by atoms with E-state index in [1.807, 2.05) is 0 Å². The Balaban J connectivity index is 1.69. The molecule has 1 nitrogen and oxygen atoms in total. The quantitative estimate of drug-likeness (QED) is 0.707. The molecule has 2 rings (SSSR count). The first-order chi connectivity index (χ1) is 8.62. The largest absolute Gasteiger partial charge is 0.311 e. The highest BCUT2D eigenvalue weighted by Crippen LogP contribution is 2.51. The Kier molecular flexibility index (Phi) is 5.12. The van der Waals surface area contributed by atoms with E-state index in [2.05, 4.69) is 26.1 Å². The molecule has 0 bridgehead atoms. The Morgan fingerprint density at radius 3 is 2.28 bits per heavy atom. The molecule has 1 N–H and O–H groups in total. The fraction of sp³-hybridized carbons (Fsp3) is 1.00. The molecule has 0 saturated heterocycles. The van der Waals surface area contributed by atoms with Crippen LogP contribution in [-0.2, 0) is 0 Å². The minimum Gasteiger partial charge on any atom is -0.311 e. The van der Waals surface area contributed by atoms with Crippen molar-refractivity contribution in [1.82, 2.24) is 5.32 Å². The maximum absolute atomic E-state index is 3.95. The van der Waals surface area contributed by atoms with Crippen LogP contribution in [0.1, 0.15) is 85.0 Å². The van der Waals surface area contributed by atoms with Gasteiger partial charge in [0, 0.05) is 12.1 Å². The second-order valence-corrected chi connectivity index (χ2v) is 7.41. The standard InChI is InChI=1S/C17H33N/c1-14(2)8-7-9-15(3)18-16-10-13-17(16)11-5-4-6-12-17/h14-16,18H,4-13H2,1-3H3. The van der Waals surface area contributed by atoms with Crippen LogP contribution >= 0.6 is 0 Å². The monoisotopic (exact) mass is 251 g/mol. The number of rotatable bonds is 6. The molecule has 106 valence electrons. The van der Waals surface area contributed by atoms with E-state index >= 15 is 0 Å². The molecule has 0 aromatic heterocycles. The topological polar surface area (TPSA) is 12.0 Å². The fourth-order valence-corrected chi connectivity index (χ4v) is 4.07. The van der Waals surface area contributed by atoms with Crippen LogP contribution in [0, 0.1) is 11.3 Å². The minimum atomic E-state index is 0.727. The van der Waals surface area contributed by atoms with E-state index in [0.717, 1.165) is 23.4 Å². The van der Waals surface area contributed by atoms with Gasteiger partial charge in [-0.15, -0.1) is 0 Å². The van der Waals surface area contributed by atoms with E-state index in [0.29, 0.717) is 0 Å². The van der Waals surface area contributed by atoms with Gasteiger partial charge in [0.25, 0.3) is 0 Å². The molecule has 2 atom stereocenters. The molecular weight excluding hydrogens is 218 g/mol. The van der Waals surface area contributed by atoms with Crippen molar-refractivity contribution >= 4 is 0 Å². The van der Waals surface area contributed by atoms with Crippen LogP contribution < -0.4 is 5.32 Å². The summed E-state index contributed by atoms with van der Waals surface area (Å²) >= 11 is 0. The maximum atomic E-state index is 3.95. The van der Waals surface area contributed by atoms with E-state index in [1.54, 1.807) is 0 Å². The zero-order valence-electron chi connectivity index (χ0n) is 12.8. The summed E-state index contributed by atoms with van der Waals surface area (Å²) in [4.78, 5) is 0. The third-order valence-electron chi connectivity index (χ3n) is 5.42. The fourth-order valence-electron chi connectivity index (χ4n) is 4.07. The molecule has 0 radical (unpaired) electrons. The van der Waals surface area contributed by atoms with Crippen molar-refractivity contribution in [2.45, 2.75) is 97.1 Å². The van der Waals surface area contributed by atoms with Gasteiger partial charge in [-0.25, -0.2) is 0 Å². The lowest BCUT2D eigenvalue weighted by Crippen LogP contribution is -2.56. The molecule has 2 fully saturated rings. The molecule has 2 aliphatic rings. The summed E-state index contributed by atoms with van der Waals surface area (Å²) in [6.45, 7) is 7.07. The van der Waals surface area contributed by atoms with Crippen molar-refractivity contribution in [3.63, 3.8) is 0 Å². The molecule has 0 heterocycles. The van der Waals surface area contributed by atoms with Crippen molar-refractivity contribution in [3.05, 3.63) is 0 Å². The Bertz CT molecular complexity index is 240. The number of nitrogens with one attached hydrogen (secondary N) is 1. The zero-order valence-corrected chi connectivity index (χ0v) is 12.8. The van der Waals surface area contributed by atoms with Crippen molar-refractivity contribution in [2.75, 3.05) is 0 Å². The Morgan fingerprint density at radius 2 is 1.72 bits per heavy atom. The van der Waals surface area contributed by atoms with E-state index in [4.69, 9.17) is 0 Å². The van der Waals surface area contributed by atoms with Crippen LogP contribution in [0.2, 0.25) is 0 Å². The van der Waals surface area contributed by atoms with Gasteiger partial charge in [0.15, 0.2) is 0 Å². The summed E-state index contributed by atoms with van der Waals surface area (Å²) in [7, 11) is 0. The molecule has 1 spiro atoms. The van der Waals surface area contributed by atoms with Gasteiger partial charge >= 0.3 is 0 Å². The lowest BCUT2D eigenvalue weighted by atomic mass is 9.57. The van der Waals surface area contributed by atoms with E-state index in [1.165, 1.54) is 64.2 Å². The number of hydrogen-bond donors (Lipinski definition) is 1. The van der Waals surface area contributed by atoms with Gasteiger partial charge in [-0.2, -0.15) is 0 Å². The summed E-state index contributed by atoms with van der Waals surface area (Å²) in [6, 6.07) is 1.58. The molecule has 0 aromatic carbocycles. The van der Waals surface area contributed by atoms with E-state index in [9.17, 15) is 0 Å². The molecule has 18 heavy (non-hydrogen) atoms. The average molecular weight is 251 g/mol. The molecule has 0 amide bonds. The first kappa shape index (κ1) is 14.4. The zero-order chi connectivity index (χ0) is 13.0. The second kappa shape index (κ2) is 6.41. The third kappa shape index (κ3) is 3.50. The Labute approximate surface area is 114 Å². The molecular formula is C17H33N. The van der Waals surface area contributed by atoms with Gasteiger partial charge in [-0.3, -0.25) is 0 Å². The molecule has 0 aromatic rings. The van der Waals surface area contributed by atoms with Gasteiger partial charge in [-0.1, -0.05) is 46.0 Å². The predicted molar refractivity (Wildman–Crippen MR) is 79.8 cm³/mol. The Morgan fingerprint density at radius 1 is 1.00 bits per heavy atom. The molecule has 2 aliphatic carbocycles. The maximum Gasteiger partial charge on any atom is 0.0126 e. The summed E-state index contributed by atoms with van der Waals surface area (Å²) in [5.74, 6) is 0.866. The van der Waals surface area contributed by atoms with Crippen LogP contribution in [0.25, 0.3) is 0 Å². The molecule has 0 aliphatic heterocycles. The summed E-state index contributed by atoms with van der Waals surface area (Å²) in [5.41, 5.74) is 0.727. The molecule has 2 unspecified atom stereocenters. The first-order valence-corrected chi connectivity index (χ1v) is 8.38. The van der Waals surface area contributed by atoms with Crippen molar-refractivity contribution in [2.24, 2.45) is 11.3 Å². The Hall–Kier alpha value is -0.0400. The smallest absolute Gasteiger partial charge is 0.0126 e. The number of hydrogen-bond acceptors (Lipinski definition) is 1. The lowest BCUT2D eigenvalue weighted by molar-refractivity contribution is 0.0168. The van der Waals surface area contributed by atoms with Gasteiger partial charge < -0.3 is 5.32 Å². The minimum absolute atomic E-state index is 0.727. The molecule has 1 heteroatoms. The normalized spacial score (nSPS) is 28.3. The summed E-state index contributed by atoms with van der Waals surface area (Å²) in [6.07, 6.45) is 14.6. The van der Waals surface area contributed by atoms with Crippen LogP contribution in [0.4, 0.5) is 0 Å². The van der Waals surface area contributed by atoms with E-state index < -0.39 is 0 Å². The van der Waals surface area contributed by atoms with Crippen LogP contribution in [0.15, 0.2) is 0 Å². The van der Waals surface area contributed by atoms with Crippen LogP contribution in [-0.4, -0.2) is 12.1 Å². The highest BCUT2D eigenvalue weighted by Gasteiger charge is 2.46. The van der Waals surface area contributed by atoms with Gasteiger partial charge in [-0.05, 0) is 50.4 Å². The highest BCUT2D eigenvalue weighted by molar-refractivity contribution is 5.02. The summed E-state index contributed by atoms with van der Waals surface area (Å²) < 4.78 is 0. The lowest BCUT2D eigenvalue weighted by Gasteiger charge is -2.53. The first-order valence-electron chi connectivity index (χ1n) is 8.38. The third-order valence-corrected chi connectivity index (χ3v) is 5.42.